The van der Waals surface area contributed by atoms with E-state index in [0.29, 0.717) is 13.0 Å². The first-order valence-corrected chi connectivity index (χ1v) is 5.28. The van der Waals surface area contributed by atoms with Gasteiger partial charge in [-0.1, -0.05) is 24.3 Å². The third-order valence-electron chi connectivity index (χ3n) is 3.03. The van der Waals surface area contributed by atoms with E-state index in [1.807, 2.05) is 24.3 Å². The Bertz CT molecular complexity index is 381. The molecule has 1 atom stereocenters. The first kappa shape index (κ1) is 11.1. The highest BCUT2D eigenvalue weighted by Crippen LogP contribution is 2.27. The summed E-state index contributed by atoms with van der Waals surface area (Å²) < 4.78 is 0. The van der Waals surface area contributed by atoms with Crippen molar-refractivity contribution in [1.29, 1.82) is 0 Å². The van der Waals surface area contributed by atoms with Gasteiger partial charge in [0.25, 0.3) is 0 Å². The van der Waals surface area contributed by atoms with Crippen molar-refractivity contribution in [3.8, 4) is 0 Å². The molecule has 1 heterocycles. The standard InChI is InChI=1S/C11H16N4O/c12-7-8-1-3-9(4-2-8)11(10(13)16)5-6-14-15-11/h1-4,14-15H,5-7,12H2,(H2,13,16). The molecule has 16 heavy (non-hydrogen) atoms. The second kappa shape index (κ2) is 4.21. The van der Waals surface area contributed by atoms with Gasteiger partial charge in [-0.15, -0.1) is 0 Å². The van der Waals surface area contributed by atoms with Crippen LogP contribution in [-0.4, -0.2) is 12.5 Å². The minimum Gasteiger partial charge on any atom is -0.368 e. The zero-order valence-electron chi connectivity index (χ0n) is 8.99. The smallest absolute Gasteiger partial charge is 0.243 e. The van der Waals surface area contributed by atoms with Crippen LogP contribution in [-0.2, 0) is 16.9 Å². The van der Waals surface area contributed by atoms with E-state index in [9.17, 15) is 4.79 Å². The predicted molar refractivity (Wildman–Crippen MR) is 61.0 cm³/mol. The second-order valence-electron chi connectivity index (χ2n) is 3.97. The molecule has 5 nitrogen and oxygen atoms in total. The lowest BCUT2D eigenvalue weighted by atomic mass is 9.87. The summed E-state index contributed by atoms with van der Waals surface area (Å²) in [5, 5.41) is 0. The van der Waals surface area contributed by atoms with Crippen LogP contribution in [0.2, 0.25) is 0 Å². The van der Waals surface area contributed by atoms with Crippen molar-refractivity contribution in [2.75, 3.05) is 6.54 Å². The average molecular weight is 220 g/mol. The van der Waals surface area contributed by atoms with E-state index in [1.165, 1.54) is 0 Å². The largest absolute Gasteiger partial charge is 0.368 e. The van der Waals surface area contributed by atoms with Gasteiger partial charge in [-0.25, -0.2) is 5.43 Å². The number of carbonyl (C=O) groups is 1. The maximum absolute atomic E-state index is 11.6. The van der Waals surface area contributed by atoms with Crippen LogP contribution in [0.15, 0.2) is 24.3 Å². The lowest BCUT2D eigenvalue weighted by Crippen LogP contribution is -2.51. The zero-order chi connectivity index (χ0) is 11.6. The molecule has 0 radical (unpaired) electrons. The summed E-state index contributed by atoms with van der Waals surface area (Å²) in [6, 6.07) is 7.62. The molecule has 5 heteroatoms. The fraction of sp³-hybridized carbons (Fsp3) is 0.364. The Labute approximate surface area is 94.2 Å². The van der Waals surface area contributed by atoms with Gasteiger partial charge < -0.3 is 11.5 Å². The predicted octanol–water partition coefficient (Wildman–Crippen LogP) is -0.676. The topological polar surface area (TPSA) is 93.2 Å². The molecule has 1 fully saturated rings. The van der Waals surface area contributed by atoms with Gasteiger partial charge in [0.2, 0.25) is 5.91 Å². The van der Waals surface area contributed by atoms with E-state index in [1.54, 1.807) is 0 Å². The molecule has 6 N–H and O–H groups in total. The number of hydrazine groups is 1. The van der Waals surface area contributed by atoms with E-state index in [-0.39, 0.29) is 5.91 Å². The summed E-state index contributed by atoms with van der Waals surface area (Å²) in [5.74, 6) is -0.363. The first-order chi connectivity index (χ1) is 7.69. The van der Waals surface area contributed by atoms with Crippen molar-refractivity contribution in [3.05, 3.63) is 35.4 Å². The number of amides is 1. The molecule has 1 amide bonds. The van der Waals surface area contributed by atoms with E-state index in [0.717, 1.165) is 17.7 Å². The van der Waals surface area contributed by atoms with E-state index in [4.69, 9.17) is 11.5 Å². The van der Waals surface area contributed by atoms with Gasteiger partial charge in [0.05, 0.1) is 0 Å². The number of nitrogens with one attached hydrogen (secondary N) is 2. The van der Waals surface area contributed by atoms with Crippen LogP contribution < -0.4 is 22.3 Å². The van der Waals surface area contributed by atoms with Crippen molar-refractivity contribution in [1.82, 2.24) is 10.9 Å². The Morgan fingerprint density at radius 2 is 2.06 bits per heavy atom. The fourth-order valence-corrected chi connectivity index (χ4v) is 1.99. The maximum Gasteiger partial charge on any atom is 0.243 e. The quantitative estimate of drug-likeness (QED) is 0.543. The van der Waals surface area contributed by atoms with Crippen LogP contribution in [0.3, 0.4) is 0 Å². The third-order valence-corrected chi connectivity index (χ3v) is 3.03. The van der Waals surface area contributed by atoms with Crippen molar-refractivity contribution in [3.63, 3.8) is 0 Å². The molecule has 2 rings (SSSR count). The van der Waals surface area contributed by atoms with Crippen molar-refractivity contribution < 1.29 is 4.79 Å². The summed E-state index contributed by atoms with van der Waals surface area (Å²) in [5.41, 5.74) is 18.0. The summed E-state index contributed by atoms with van der Waals surface area (Å²) in [7, 11) is 0. The molecule has 1 unspecified atom stereocenters. The lowest BCUT2D eigenvalue weighted by molar-refractivity contribution is -0.124. The number of primary amides is 1. The Kier molecular flexibility index (Phi) is 2.91. The molecule has 0 saturated carbocycles. The second-order valence-corrected chi connectivity index (χ2v) is 3.97. The molecule has 1 aromatic rings. The molecule has 86 valence electrons. The molecule has 1 aromatic carbocycles. The zero-order valence-corrected chi connectivity index (χ0v) is 8.99. The van der Waals surface area contributed by atoms with Gasteiger partial charge in [-0.05, 0) is 17.5 Å². The van der Waals surface area contributed by atoms with Crippen LogP contribution in [0.4, 0.5) is 0 Å². The van der Waals surface area contributed by atoms with Crippen molar-refractivity contribution in [2.45, 2.75) is 18.5 Å². The Morgan fingerprint density at radius 1 is 1.38 bits per heavy atom. The van der Waals surface area contributed by atoms with Crippen LogP contribution in [0.5, 0.6) is 0 Å². The number of carbonyl (C=O) groups excluding carboxylic acids is 1. The van der Waals surface area contributed by atoms with E-state index < -0.39 is 5.54 Å². The number of benzene rings is 1. The number of hydrogen-bond acceptors (Lipinski definition) is 4. The summed E-state index contributed by atoms with van der Waals surface area (Å²) in [4.78, 5) is 11.6. The monoisotopic (exact) mass is 220 g/mol. The SMILES string of the molecule is NCc1ccc(C2(C(N)=O)CCNN2)cc1. The molecule has 0 aliphatic carbocycles. The van der Waals surface area contributed by atoms with Crippen molar-refractivity contribution in [2.24, 2.45) is 11.5 Å². The van der Waals surface area contributed by atoms with Gasteiger partial charge in [0, 0.05) is 13.1 Å². The summed E-state index contributed by atoms with van der Waals surface area (Å²) >= 11 is 0. The van der Waals surface area contributed by atoms with Crippen LogP contribution in [0, 0.1) is 0 Å². The van der Waals surface area contributed by atoms with Crippen molar-refractivity contribution >= 4 is 5.91 Å². The van der Waals surface area contributed by atoms with Crippen LogP contribution >= 0.6 is 0 Å². The average Bonchev–Trinajstić information content (AvgIpc) is 2.79. The van der Waals surface area contributed by atoms with Crippen LogP contribution in [0.25, 0.3) is 0 Å². The molecule has 1 aliphatic heterocycles. The van der Waals surface area contributed by atoms with E-state index in [2.05, 4.69) is 10.9 Å². The highest BCUT2D eigenvalue weighted by atomic mass is 16.1. The Morgan fingerprint density at radius 3 is 2.50 bits per heavy atom. The number of rotatable bonds is 3. The third kappa shape index (κ3) is 1.69. The summed E-state index contributed by atoms with van der Waals surface area (Å²) in [6.07, 6.45) is 0.657. The maximum atomic E-state index is 11.6. The highest BCUT2D eigenvalue weighted by Gasteiger charge is 2.41. The van der Waals surface area contributed by atoms with Gasteiger partial charge in [0.1, 0.15) is 5.54 Å². The van der Waals surface area contributed by atoms with Gasteiger partial charge in [-0.3, -0.25) is 10.2 Å². The van der Waals surface area contributed by atoms with E-state index >= 15 is 0 Å². The van der Waals surface area contributed by atoms with Gasteiger partial charge >= 0.3 is 0 Å². The molecule has 0 bridgehead atoms. The fourth-order valence-electron chi connectivity index (χ4n) is 1.99. The first-order valence-electron chi connectivity index (χ1n) is 5.28. The molecule has 1 aliphatic rings. The molecule has 1 saturated heterocycles. The normalized spacial score (nSPS) is 24.6. The highest BCUT2D eigenvalue weighted by molar-refractivity contribution is 5.86. The minimum absolute atomic E-state index is 0.363. The molecule has 0 aromatic heterocycles. The van der Waals surface area contributed by atoms with Gasteiger partial charge in [-0.2, -0.15) is 0 Å². The lowest BCUT2D eigenvalue weighted by Gasteiger charge is -2.25. The molecular weight excluding hydrogens is 204 g/mol. The molecule has 0 spiro atoms. The minimum atomic E-state index is -0.785. The Hall–Kier alpha value is -1.43. The molecular formula is C11H16N4O. The number of nitrogens with two attached hydrogens (primary N) is 2. The van der Waals surface area contributed by atoms with Crippen LogP contribution in [0.1, 0.15) is 17.5 Å². The number of hydrogen-bond donors (Lipinski definition) is 4. The summed E-state index contributed by atoms with van der Waals surface area (Å²) in [6.45, 7) is 1.22. The van der Waals surface area contributed by atoms with Gasteiger partial charge in [0.15, 0.2) is 0 Å². The Balaban J connectivity index is 2.36.